The van der Waals surface area contributed by atoms with E-state index in [1.165, 1.54) is 17.3 Å². The molecular weight excluding hydrogens is 332 g/mol. The number of aromatic nitrogens is 3. The van der Waals surface area contributed by atoms with Crippen LogP contribution in [0, 0.1) is 6.92 Å². The lowest BCUT2D eigenvalue weighted by atomic mass is 10.1. The molecular formula is C19H28N4OS. The minimum Gasteiger partial charge on any atom is -0.355 e. The highest BCUT2D eigenvalue weighted by Gasteiger charge is 2.20. The van der Waals surface area contributed by atoms with Crippen molar-refractivity contribution in [1.82, 2.24) is 20.1 Å². The number of carbonyl (C=O) groups is 1. The molecule has 1 amide bonds. The first-order valence-electron chi connectivity index (χ1n) is 9.01. The fourth-order valence-electron chi connectivity index (χ4n) is 2.60. The number of nitrogens with one attached hydrogen (secondary N) is 1. The number of carbonyl (C=O) groups excluding carboxylic acids is 1. The standard InChI is InChI=1S/C19H28N4OS/c1-5-7-8-12-20-18(24)15(4)25-19-22-21-17(23(19)6-2)16-11-9-10-14(3)13-16/h9-11,13,15H,5-8,12H2,1-4H3,(H,20,24). The van der Waals surface area contributed by atoms with E-state index in [0.29, 0.717) is 0 Å². The summed E-state index contributed by atoms with van der Waals surface area (Å²) in [6, 6.07) is 8.24. The first-order chi connectivity index (χ1) is 12.1. The average Bonchev–Trinajstić information content (AvgIpc) is 3.01. The highest BCUT2D eigenvalue weighted by atomic mass is 32.2. The molecule has 0 saturated carbocycles. The molecule has 0 aliphatic heterocycles. The van der Waals surface area contributed by atoms with Crippen LogP contribution in [-0.2, 0) is 11.3 Å². The third-order valence-electron chi connectivity index (χ3n) is 4.04. The molecule has 6 heteroatoms. The van der Waals surface area contributed by atoms with Gasteiger partial charge in [-0.1, -0.05) is 55.3 Å². The Morgan fingerprint density at radius 2 is 2.08 bits per heavy atom. The number of benzene rings is 1. The van der Waals surface area contributed by atoms with Gasteiger partial charge in [-0.2, -0.15) is 0 Å². The van der Waals surface area contributed by atoms with Crippen molar-refractivity contribution < 1.29 is 4.79 Å². The first kappa shape index (κ1) is 19.5. The van der Waals surface area contributed by atoms with Crippen LogP contribution in [0.5, 0.6) is 0 Å². The van der Waals surface area contributed by atoms with Gasteiger partial charge in [0.2, 0.25) is 5.91 Å². The van der Waals surface area contributed by atoms with Crippen LogP contribution < -0.4 is 5.32 Å². The second-order valence-electron chi connectivity index (χ2n) is 6.18. The Hall–Kier alpha value is -1.82. The summed E-state index contributed by atoms with van der Waals surface area (Å²) >= 11 is 1.46. The van der Waals surface area contributed by atoms with E-state index in [9.17, 15) is 4.79 Å². The molecule has 0 aliphatic carbocycles. The van der Waals surface area contributed by atoms with E-state index >= 15 is 0 Å². The first-order valence-corrected chi connectivity index (χ1v) is 9.89. The van der Waals surface area contributed by atoms with Gasteiger partial charge in [-0.05, 0) is 33.3 Å². The molecule has 0 fully saturated rings. The Kier molecular flexibility index (Phi) is 7.50. The molecule has 1 atom stereocenters. The zero-order chi connectivity index (χ0) is 18.2. The lowest BCUT2D eigenvalue weighted by Crippen LogP contribution is -2.31. The van der Waals surface area contributed by atoms with Crippen LogP contribution in [0.15, 0.2) is 29.4 Å². The molecule has 5 nitrogen and oxygen atoms in total. The number of amides is 1. The van der Waals surface area contributed by atoms with Gasteiger partial charge in [0.15, 0.2) is 11.0 Å². The summed E-state index contributed by atoms with van der Waals surface area (Å²) in [6.45, 7) is 9.72. The molecule has 0 radical (unpaired) electrons. The van der Waals surface area contributed by atoms with Gasteiger partial charge >= 0.3 is 0 Å². The van der Waals surface area contributed by atoms with Crippen molar-refractivity contribution in [3.05, 3.63) is 29.8 Å². The third kappa shape index (κ3) is 5.33. The molecule has 1 unspecified atom stereocenters. The van der Waals surface area contributed by atoms with Gasteiger partial charge < -0.3 is 9.88 Å². The van der Waals surface area contributed by atoms with Crippen LogP contribution in [0.3, 0.4) is 0 Å². The predicted molar refractivity (Wildman–Crippen MR) is 104 cm³/mol. The number of unbranched alkanes of at least 4 members (excludes halogenated alkanes) is 2. The largest absolute Gasteiger partial charge is 0.355 e. The van der Waals surface area contributed by atoms with E-state index in [0.717, 1.165) is 48.9 Å². The second kappa shape index (κ2) is 9.61. The van der Waals surface area contributed by atoms with Crippen molar-refractivity contribution in [2.24, 2.45) is 0 Å². The number of thioether (sulfide) groups is 1. The van der Waals surface area contributed by atoms with Crippen LogP contribution in [0.2, 0.25) is 0 Å². The maximum absolute atomic E-state index is 12.2. The predicted octanol–water partition coefficient (Wildman–Crippen LogP) is 4.06. The van der Waals surface area contributed by atoms with Crippen molar-refractivity contribution in [2.75, 3.05) is 6.54 Å². The molecule has 0 saturated heterocycles. The molecule has 25 heavy (non-hydrogen) atoms. The van der Waals surface area contributed by atoms with Crippen molar-refractivity contribution in [1.29, 1.82) is 0 Å². The summed E-state index contributed by atoms with van der Waals surface area (Å²) in [5.41, 5.74) is 2.25. The smallest absolute Gasteiger partial charge is 0.233 e. The van der Waals surface area contributed by atoms with E-state index in [1.54, 1.807) is 0 Å². The summed E-state index contributed by atoms with van der Waals surface area (Å²) in [7, 11) is 0. The van der Waals surface area contributed by atoms with E-state index < -0.39 is 0 Å². The normalized spacial score (nSPS) is 12.2. The minimum absolute atomic E-state index is 0.0591. The van der Waals surface area contributed by atoms with E-state index in [-0.39, 0.29) is 11.2 Å². The lowest BCUT2D eigenvalue weighted by Gasteiger charge is -2.12. The summed E-state index contributed by atoms with van der Waals surface area (Å²) in [4.78, 5) is 12.2. The van der Waals surface area contributed by atoms with E-state index in [4.69, 9.17) is 0 Å². The fraction of sp³-hybridized carbons (Fsp3) is 0.526. The van der Waals surface area contributed by atoms with Crippen molar-refractivity contribution in [3.63, 3.8) is 0 Å². The van der Waals surface area contributed by atoms with Crippen molar-refractivity contribution >= 4 is 17.7 Å². The quantitative estimate of drug-likeness (QED) is 0.541. The molecule has 2 rings (SSSR count). The fourth-order valence-corrected chi connectivity index (χ4v) is 3.54. The van der Waals surface area contributed by atoms with Crippen molar-refractivity contribution in [2.45, 2.75) is 63.9 Å². The Morgan fingerprint density at radius 3 is 2.76 bits per heavy atom. The van der Waals surface area contributed by atoms with Gasteiger partial charge in [0.25, 0.3) is 0 Å². The molecule has 0 aliphatic rings. The molecule has 0 spiro atoms. The van der Waals surface area contributed by atoms with Crippen LogP contribution in [0.25, 0.3) is 11.4 Å². The zero-order valence-corrected chi connectivity index (χ0v) is 16.4. The molecule has 1 aromatic carbocycles. The number of rotatable bonds is 9. The SMILES string of the molecule is CCCCCNC(=O)C(C)Sc1nnc(-c2cccc(C)c2)n1CC. The molecule has 1 aromatic heterocycles. The average molecular weight is 361 g/mol. The lowest BCUT2D eigenvalue weighted by molar-refractivity contribution is -0.120. The maximum atomic E-state index is 12.2. The summed E-state index contributed by atoms with van der Waals surface area (Å²) in [5.74, 6) is 0.910. The van der Waals surface area contributed by atoms with E-state index in [1.807, 2.05) is 19.1 Å². The molecule has 136 valence electrons. The third-order valence-corrected chi connectivity index (χ3v) is 5.12. The summed E-state index contributed by atoms with van der Waals surface area (Å²) < 4.78 is 2.07. The zero-order valence-electron chi connectivity index (χ0n) is 15.6. The minimum atomic E-state index is -0.193. The Bertz CT molecular complexity index is 698. The van der Waals surface area contributed by atoms with Crippen molar-refractivity contribution in [3.8, 4) is 11.4 Å². The maximum Gasteiger partial charge on any atom is 0.233 e. The molecule has 1 N–H and O–H groups in total. The number of nitrogens with zero attached hydrogens (tertiary/aromatic N) is 3. The second-order valence-corrected chi connectivity index (χ2v) is 7.49. The summed E-state index contributed by atoms with van der Waals surface area (Å²) in [6.07, 6.45) is 3.33. The van der Waals surface area contributed by atoms with Crippen LogP contribution in [0.4, 0.5) is 0 Å². The number of hydrogen-bond acceptors (Lipinski definition) is 4. The van der Waals surface area contributed by atoms with Gasteiger partial charge in [-0.3, -0.25) is 4.79 Å². The Morgan fingerprint density at radius 1 is 1.28 bits per heavy atom. The number of hydrogen-bond donors (Lipinski definition) is 1. The Labute approximate surface area is 154 Å². The van der Waals surface area contributed by atoms with Crippen LogP contribution >= 0.6 is 11.8 Å². The Balaban J connectivity index is 2.06. The number of aryl methyl sites for hydroxylation is 1. The molecule has 2 aromatic rings. The van der Waals surface area contributed by atoms with E-state index in [2.05, 4.69) is 53.0 Å². The van der Waals surface area contributed by atoms with Crippen LogP contribution in [-0.4, -0.2) is 32.5 Å². The topological polar surface area (TPSA) is 59.8 Å². The van der Waals surface area contributed by atoms with Gasteiger partial charge in [0.1, 0.15) is 0 Å². The molecule has 0 bridgehead atoms. The monoisotopic (exact) mass is 360 g/mol. The van der Waals surface area contributed by atoms with Gasteiger partial charge in [-0.15, -0.1) is 10.2 Å². The highest BCUT2D eigenvalue weighted by Crippen LogP contribution is 2.27. The highest BCUT2D eigenvalue weighted by molar-refractivity contribution is 8.00. The van der Waals surface area contributed by atoms with Crippen LogP contribution in [0.1, 0.15) is 45.6 Å². The molecule has 1 heterocycles. The van der Waals surface area contributed by atoms with Gasteiger partial charge in [-0.25, -0.2) is 0 Å². The van der Waals surface area contributed by atoms with Gasteiger partial charge in [0, 0.05) is 18.7 Å². The summed E-state index contributed by atoms with van der Waals surface area (Å²) in [5, 5.41) is 12.3. The van der Waals surface area contributed by atoms with Gasteiger partial charge in [0.05, 0.1) is 5.25 Å².